The van der Waals surface area contributed by atoms with E-state index in [2.05, 4.69) is 37.3 Å². The van der Waals surface area contributed by atoms with Crippen molar-refractivity contribution in [1.82, 2.24) is 31.2 Å². The van der Waals surface area contributed by atoms with Gasteiger partial charge < -0.3 is 27.0 Å². The fourth-order valence-electron chi connectivity index (χ4n) is 8.71. The van der Waals surface area contributed by atoms with Crippen LogP contribution in [0, 0.1) is 23.2 Å². The van der Waals surface area contributed by atoms with Crippen molar-refractivity contribution in [3.63, 3.8) is 0 Å². The van der Waals surface area contributed by atoms with Gasteiger partial charge in [0, 0.05) is 35.7 Å². The predicted molar refractivity (Wildman–Crippen MR) is 249 cm³/mol. The number of fused-ring (bicyclic) bond motifs is 2. The highest BCUT2D eigenvalue weighted by Gasteiger charge is 2.35. The third kappa shape index (κ3) is 12.4. The van der Waals surface area contributed by atoms with E-state index in [9.17, 15) is 29.2 Å². The summed E-state index contributed by atoms with van der Waals surface area (Å²) in [4.78, 5) is 72.9. The minimum Gasteiger partial charge on any atom is -0.368 e. The fourth-order valence-corrected chi connectivity index (χ4v) is 8.71. The number of pyridine rings is 2. The van der Waals surface area contributed by atoms with Gasteiger partial charge in [-0.1, -0.05) is 135 Å². The van der Waals surface area contributed by atoms with Crippen LogP contribution >= 0.6 is 0 Å². The fraction of sp³-hybridized carbons (Fsp3) is 0.308. The van der Waals surface area contributed by atoms with Crippen LogP contribution in [0.5, 0.6) is 0 Å². The number of primary amides is 1. The first-order valence-corrected chi connectivity index (χ1v) is 22.4. The Balaban J connectivity index is 0.000000194. The zero-order valence-corrected chi connectivity index (χ0v) is 36.2. The van der Waals surface area contributed by atoms with E-state index >= 15 is 0 Å². The third-order valence-corrected chi connectivity index (χ3v) is 12.2. The van der Waals surface area contributed by atoms with Crippen LogP contribution in [0.25, 0.3) is 21.8 Å². The van der Waals surface area contributed by atoms with Gasteiger partial charge in [0.25, 0.3) is 11.8 Å². The third-order valence-electron chi connectivity index (χ3n) is 12.2. The van der Waals surface area contributed by atoms with E-state index in [1.54, 1.807) is 12.1 Å². The highest BCUT2D eigenvalue weighted by molar-refractivity contribution is 5.96. The molecule has 6 atom stereocenters. The van der Waals surface area contributed by atoms with E-state index in [0.29, 0.717) is 43.5 Å². The molecule has 332 valence electrons. The maximum Gasteiger partial charge on any atom is 0.270 e. The Kier molecular flexibility index (Phi) is 15.6. The Bertz CT molecular complexity index is 2650. The van der Waals surface area contributed by atoms with Gasteiger partial charge in [-0.05, 0) is 61.1 Å². The molecule has 2 heterocycles. The minimum absolute atomic E-state index is 0.177. The monoisotopic (exact) mass is 870 g/mol. The SMILES string of the molecule is N#C[C@H](Cc1ccccc1)NC(=O)[C@@H]1CCCC[C@@H]1NC(=O)c1ccc2ccccc2n1.NC(=O)[C@H](Cc1ccccc1)NC(=O)[C@@H]1CCCC[C@@H]1NC(=O)c1ccc2ccccc2n1. The zero-order valence-electron chi connectivity index (χ0n) is 36.2. The first-order chi connectivity index (χ1) is 31.6. The molecule has 5 amide bonds. The number of nitrogens with zero attached hydrogens (tertiary/aromatic N) is 3. The summed E-state index contributed by atoms with van der Waals surface area (Å²) in [7, 11) is 0. The summed E-state index contributed by atoms with van der Waals surface area (Å²) in [6.45, 7) is 0. The van der Waals surface area contributed by atoms with Crippen molar-refractivity contribution < 1.29 is 24.0 Å². The van der Waals surface area contributed by atoms with Crippen molar-refractivity contribution >= 4 is 51.3 Å². The molecule has 2 saturated carbocycles. The lowest BCUT2D eigenvalue weighted by molar-refractivity contribution is -0.131. The van der Waals surface area contributed by atoms with Gasteiger partial charge >= 0.3 is 0 Å². The van der Waals surface area contributed by atoms with Crippen molar-refractivity contribution in [3.05, 3.63) is 156 Å². The van der Waals surface area contributed by atoms with Crippen molar-refractivity contribution in [3.8, 4) is 6.07 Å². The zero-order chi connectivity index (χ0) is 45.5. The van der Waals surface area contributed by atoms with Gasteiger partial charge in [-0.25, -0.2) is 9.97 Å². The number of rotatable bonds is 13. The molecule has 0 bridgehead atoms. The topological polar surface area (TPSA) is 209 Å². The number of nitriles is 1. The van der Waals surface area contributed by atoms with Gasteiger partial charge in [-0.3, -0.25) is 24.0 Å². The molecule has 0 spiro atoms. The number of amides is 5. The minimum atomic E-state index is -0.805. The van der Waals surface area contributed by atoms with Crippen LogP contribution in [0.3, 0.4) is 0 Å². The van der Waals surface area contributed by atoms with E-state index < -0.39 is 23.9 Å². The van der Waals surface area contributed by atoms with E-state index in [4.69, 9.17) is 5.73 Å². The Hall–Kier alpha value is -7.46. The molecular weight excluding hydrogens is 817 g/mol. The first-order valence-electron chi connectivity index (χ1n) is 22.4. The van der Waals surface area contributed by atoms with E-state index in [-0.39, 0.29) is 41.6 Å². The Labute approximate surface area is 378 Å². The van der Waals surface area contributed by atoms with Crippen molar-refractivity contribution in [1.29, 1.82) is 5.26 Å². The lowest BCUT2D eigenvalue weighted by Crippen LogP contribution is -2.53. The number of hydrogen-bond acceptors (Lipinski definition) is 8. The highest BCUT2D eigenvalue weighted by atomic mass is 16.2. The Morgan fingerprint density at radius 1 is 0.554 bits per heavy atom. The largest absolute Gasteiger partial charge is 0.368 e. The summed E-state index contributed by atoms with van der Waals surface area (Å²) >= 11 is 0. The van der Waals surface area contributed by atoms with Gasteiger partial charge in [0.1, 0.15) is 23.5 Å². The van der Waals surface area contributed by atoms with E-state index in [1.165, 1.54) is 0 Å². The van der Waals surface area contributed by atoms with Crippen LogP contribution in [0.2, 0.25) is 0 Å². The molecule has 8 rings (SSSR count). The molecule has 0 radical (unpaired) electrons. The van der Waals surface area contributed by atoms with Crippen molar-refractivity contribution in [2.45, 2.75) is 88.4 Å². The van der Waals surface area contributed by atoms with Crippen LogP contribution in [-0.4, -0.2) is 63.7 Å². The average Bonchev–Trinajstić information content (AvgIpc) is 3.34. The van der Waals surface area contributed by atoms with Crippen LogP contribution in [0.15, 0.2) is 133 Å². The molecule has 2 fully saturated rings. The van der Waals surface area contributed by atoms with Gasteiger partial charge in [-0.2, -0.15) is 5.26 Å². The van der Waals surface area contributed by atoms with Crippen molar-refractivity contribution in [2.24, 2.45) is 17.6 Å². The second-order valence-corrected chi connectivity index (χ2v) is 16.8. The van der Waals surface area contributed by atoms with Crippen LogP contribution in [0.4, 0.5) is 0 Å². The number of nitrogens with one attached hydrogen (secondary N) is 4. The molecule has 6 aromatic rings. The number of carbonyl (C=O) groups is 5. The summed E-state index contributed by atoms with van der Waals surface area (Å²) < 4.78 is 0. The summed E-state index contributed by atoms with van der Waals surface area (Å²) in [5, 5.41) is 23.2. The molecule has 2 aliphatic rings. The lowest BCUT2D eigenvalue weighted by atomic mass is 9.83. The second-order valence-electron chi connectivity index (χ2n) is 16.8. The number of hydrogen-bond donors (Lipinski definition) is 5. The maximum atomic E-state index is 13.1. The molecule has 13 heteroatoms. The molecule has 6 N–H and O–H groups in total. The van der Waals surface area contributed by atoms with Crippen molar-refractivity contribution in [2.75, 3.05) is 0 Å². The van der Waals surface area contributed by atoms with Crippen LogP contribution < -0.4 is 27.0 Å². The van der Waals surface area contributed by atoms with Crippen LogP contribution in [0.1, 0.15) is 83.5 Å². The molecule has 2 aliphatic carbocycles. The van der Waals surface area contributed by atoms with Gasteiger partial charge in [0.15, 0.2) is 0 Å². The summed E-state index contributed by atoms with van der Waals surface area (Å²) in [6, 6.07) is 41.6. The second kappa shape index (κ2) is 22.2. The summed E-state index contributed by atoms with van der Waals surface area (Å²) in [5.74, 6) is -2.39. The standard InChI is InChI=1S/C26H28N4O3.C26H26N4O2/c27-24(31)23(16-17-8-2-1-3-9-17)30-25(32)19-11-5-7-13-21(19)29-26(33)22-15-14-18-10-4-6-12-20(18)28-22;27-17-20(16-18-8-2-1-3-9-18)28-25(31)21-11-5-7-13-23(21)30-26(32)24-15-14-19-10-4-6-12-22(19)29-24/h1-4,6,8-10,12,14-15,19,21,23H,5,7,11,13,16H2,(H2,27,31)(H,29,33)(H,30,32);1-4,6,8-10,12,14-15,20-21,23H,5,7,11,13,16H2,(H,28,31)(H,30,32)/t19-,21+,23+;20-,21+,23-/m10/s1. The summed E-state index contributed by atoms with van der Waals surface area (Å²) in [5.41, 5.74) is 9.64. The molecule has 65 heavy (non-hydrogen) atoms. The normalized spacial score (nSPS) is 18.9. The molecule has 13 nitrogen and oxygen atoms in total. The molecule has 0 saturated heterocycles. The quantitative estimate of drug-likeness (QED) is 0.0862. The molecule has 0 aliphatic heterocycles. The summed E-state index contributed by atoms with van der Waals surface area (Å²) in [6.07, 6.45) is 7.21. The number of benzene rings is 4. The number of carbonyl (C=O) groups excluding carboxylic acids is 5. The molecule has 2 aromatic heterocycles. The predicted octanol–water partition coefficient (Wildman–Crippen LogP) is 6.51. The first kappa shape index (κ1) is 45.6. The van der Waals surface area contributed by atoms with E-state index in [0.717, 1.165) is 65.0 Å². The lowest BCUT2D eigenvalue weighted by Gasteiger charge is -2.32. The number of aromatic nitrogens is 2. The number of para-hydroxylation sites is 2. The van der Waals surface area contributed by atoms with Gasteiger partial charge in [0.2, 0.25) is 17.7 Å². The number of nitrogens with two attached hydrogens (primary N) is 1. The van der Waals surface area contributed by atoms with Gasteiger partial charge in [0.05, 0.1) is 28.9 Å². The highest BCUT2D eigenvalue weighted by Crippen LogP contribution is 2.27. The molecule has 0 unspecified atom stereocenters. The van der Waals surface area contributed by atoms with Crippen LogP contribution in [-0.2, 0) is 27.2 Å². The Morgan fingerprint density at radius 3 is 1.46 bits per heavy atom. The smallest absolute Gasteiger partial charge is 0.270 e. The Morgan fingerprint density at radius 2 is 0.985 bits per heavy atom. The molecule has 4 aromatic carbocycles. The average molecular weight is 871 g/mol. The maximum absolute atomic E-state index is 13.1. The van der Waals surface area contributed by atoms with Gasteiger partial charge in [-0.15, -0.1) is 0 Å². The van der Waals surface area contributed by atoms with E-state index in [1.807, 2.05) is 121 Å². The molecular formula is C52H54N8O5.